The number of aryl methyl sites for hydroxylation is 2. The van der Waals surface area contributed by atoms with Crippen molar-refractivity contribution in [3.05, 3.63) is 34.9 Å². The fourth-order valence-corrected chi connectivity index (χ4v) is 2.53. The van der Waals surface area contributed by atoms with E-state index in [9.17, 15) is 19.2 Å². The van der Waals surface area contributed by atoms with Crippen LogP contribution in [-0.2, 0) is 28.6 Å². The zero-order valence-electron chi connectivity index (χ0n) is 15.5. The van der Waals surface area contributed by atoms with Crippen LogP contribution in [0.5, 0.6) is 0 Å². The van der Waals surface area contributed by atoms with Crippen LogP contribution in [0.3, 0.4) is 0 Å². The van der Waals surface area contributed by atoms with Crippen LogP contribution in [0.1, 0.15) is 27.9 Å². The predicted molar refractivity (Wildman–Crippen MR) is 91.3 cm³/mol. The Bertz CT molecular complexity index is 679. The van der Waals surface area contributed by atoms with Gasteiger partial charge in [-0.25, -0.2) is 4.79 Å². The van der Waals surface area contributed by atoms with E-state index in [2.05, 4.69) is 19.5 Å². The lowest BCUT2D eigenvalue weighted by molar-refractivity contribution is -0.158. The van der Waals surface area contributed by atoms with Gasteiger partial charge >= 0.3 is 17.9 Å². The van der Waals surface area contributed by atoms with E-state index in [1.54, 1.807) is 12.1 Å². The number of benzene rings is 1. The number of amides is 1. The predicted octanol–water partition coefficient (Wildman–Crippen LogP) is 0.927. The molecule has 8 heteroatoms. The van der Waals surface area contributed by atoms with Gasteiger partial charge in [-0.05, 0) is 26.0 Å². The molecule has 0 aliphatic rings. The third kappa shape index (κ3) is 5.58. The van der Waals surface area contributed by atoms with Crippen molar-refractivity contribution in [1.29, 1.82) is 0 Å². The normalized spacial score (nSPS) is 12.5. The van der Waals surface area contributed by atoms with Crippen molar-refractivity contribution in [1.82, 2.24) is 5.32 Å². The van der Waals surface area contributed by atoms with Gasteiger partial charge in [0, 0.05) is 5.56 Å². The van der Waals surface area contributed by atoms with Crippen LogP contribution in [0.2, 0.25) is 0 Å². The highest BCUT2D eigenvalue weighted by molar-refractivity contribution is 5.98. The summed E-state index contributed by atoms with van der Waals surface area (Å²) in [4.78, 5) is 48.4. The van der Waals surface area contributed by atoms with Gasteiger partial charge in [0.25, 0.3) is 5.91 Å². The summed E-state index contributed by atoms with van der Waals surface area (Å²) in [5, 5.41) is 2.46. The quantitative estimate of drug-likeness (QED) is 0.565. The summed E-state index contributed by atoms with van der Waals surface area (Å²) in [6.45, 7) is 3.66. The zero-order chi connectivity index (χ0) is 19.9. The molecule has 1 rings (SSSR count). The molecule has 8 nitrogen and oxygen atoms in total. The Labute approximate surface area is 151 Å². The molecule has 142 valence electrons. The van der Waals surface area contributed by atoms with E-state index >= 15 is 0 Å². The first-order valence-corrected chi connectivity index (χ1v) is 7.85. The monoisotopic (exact) mass is 365 g/mol. The second kappa shape index (κ2) is 9.55. The van der Waals surface area contributed by atoms with Gasteiger partial charge in [0.2, 0.25) is 0 Å². The summed E-state index contributed by atoms with van der Waals surface area (Å²) in [6.07, 6.45) is -0.448. The molecule has 1 aromatic rings. The van der Waals surface area contributed by atoms with Gasteiger partial charge < -0.3 is 19.5 Å². The third-order valence-electron chi connectivity index (χ3n) is 3.75. The van der Waals surface area contributed by atoms with Crippen LogP contribution >= 0.6 is 0 Å². The highest BCUT2D eigenvalue weighted by Crippen LogP contribution is 2.16. The van der Waals surface area contributed by atoms with E-state index in [4.69, 9.17) is 0 Å². The molecule has 1 amide bonds. The van der Waals surface area contributed by atoms with Crippen LogP contribution in [0, 0.1) is 19.8 Å². The molecule has 0 aromatic heterocycles. The van der Waals surface area contributed by atoms with Gasteiger partial charge in [-0.1, -0.05) is 17.2 Å². The average Bonchev–Trinajstić information content (AvgIpc) is 2.61. The molecular formula is C18H23NO7. The second-order valence-corrected chi connectivity index (χ2v) is 5.76. The number of ether oxygens (including phenoxy) is 3. The standard InChI is InChI=1S/C18H23NO7/c1-10-6-11(2)8-12(7-10)16(21)19-15(18(23)26-5)13(17(22)25-4)9-14(20)24-3/h6-8,13,15H,9H2,1-5H3,(H,19,21)/t13-,15-/m1/s1. The Hall–Kier alpha value is -2.90. The summed E-state index contributed by atoms with van der Waals surface area (Å²) in [6, 6.07) is 3.78. The highest BCUT2D eigenvalue weighted by Gasteiger charge is 2.38. The zero-order valence-corrected chi connectivity index (χ0v) is 15.5. The van der Waals surface area contributed by atoms with Gasteiger partial charge in [0.15, 0.2) is 0 Å². The van der Waals surface area contributed by atoms with Crippen molar-refractivity contribution >= 4 is 23.8 Å². The minimum atomic E-state index is -1.40. The topological polar surface area (TPSA) is 108 Å². The molecule has 0 aliphatic carbocycles. The molecule has 0 aliphatic heterocycles. The van der Waals surface area contributed by atoms with Crippen molar-refractivity contribution in [2.45, 2.75) is 26.3 Å². The largest absolute Gasteiger partial charge is 0.469 e. The van der Waals surface area contributed by atoms with Crippen molar-refractivity contribution in [3.8, 4) is 0 Å². The first-order valence-electron chi connectivity index (χ1n) is 7.85. The van der Waals surface area contributed by atoms with E-state index in [1.807, 2.05) is 19.9 Å². The van der Waals surface area contributed by atoms with Crippen molar-refractivity contribution in [2.24, 2.45) is 5.92 Å². The summed E-state index contributed by atoms with van der Waals surface area (Å²) in [5.74, 6) is -4.30. The van der Waals surface area contributed by atoms with E-state index in [0.717, 1.165) is 32.5 Å². The number of carbonyl (C=O) groups excluding carboxylic acids is 4. The van der Waals surface area contributed by atoms with Crippen LogP contribution in [0.4, 0.5) is 0 Å². The minimum Gasteiger partial charge on any atom is -0.469 e. The van der Waals surface area contributed by atoms with E-state index in [1.165, 1.54) is 0 Å². The van der Waals surface area contributed by atoms with E-state index < -0.39 is 42.2 Å². The molecule has 1 aromatic carbocycles. The molecule has 0 saturated heterocycles. The SMILES string of the molecule is COC(=O)C[C@@H](C(=O)OC)[C@@H](NC(=O)c1cc(C)cc(C)c1)C(=O)OC. The van der Waals surface area contributed by atoms with Crippen LogP contribution in [0.15, 0.2) is 18.2 Å². The lowest BCUT2D eigenvalue weighted by Gasteiger charge is -2.23. The van der Waals surface area contributed by atoms with Crippen LogP contribution in [-0.4, -0.2) is 51.2 Å². The van der Waals surface area contributed by atoms with Crippen LogP contribution < -0.4 is 5.32 Å². The fraction of sp³-hybridized carbons (Fsp3) is 0.444. The summed E-state index contributed by atoms with van der Waals surface area (Å²) in [5.41, 5.74) is 2.05. The molecule has 26 heavy (non-hydrogen) atoms. The molecule has 0 saturated carbocycles. The molecule has 1 N–H and O–H groups in total. The number of nitrogens with one attached hydrogen (secondary N) is 1. The van der Waals surface area contributed by atoms with E-state index in [-0.39, 0.29) is 0 Å². The lowest BCUT2D eigenvalue weighted by Crippen LogP contribution is -2.50. The van der Waals surface area contributed by atoms with Crippen molar-refractivity contribution in [3.63, 3.8) is 0 Å². The van der Waals surface area contributed by atoms with Gasteiger partial charge in [0.05, 0.1) is 33.7 Å². The number of hydrogen-bond acceptors (Lipinski definition) is 7. The fourth-order valence-electron chi connectivity index (χ4n) is 2.53. The molecule has 0 radical (unpaired) electrons. The van der Waals surface area contributed by atoms with Crippen molar-refractivity contribution in [2.75, 3.05) is 21.3 Å². The van der Waals surface area contributed by atoms with E-state index in [0.29, 0.717) is 5.56 Å². The highest BCUT2D eigenvalue weighted by atomic mass is 16.5. The van der Waals surface area contributed by atoms with Crippen LogP contribution in [0.25, 0.3) is 0 Å². The number of hydrogen-bond donors (Lipinski definition) is 1. The number of methoxy groups -OCH3 is 3. The molecule has 0 spiro atoms. The average molecular weight is 365 g/mol. The summed E-state index contributed by atoms with van der Waals surface area (Å²) in [7, 11) is 3.38. The Kier molecular flexibility index (Phi) is 7.77. The van der Waals surface area contributed by atoms with Gasteiger partial charge in [-0.3, -0.25) is 14.4 Å². The molecule has 0 bridgehead atoms. The van der Waals surface area contributed by atoms with Gasteiger partial charge in [-0.2, -0.15) is 0 Å². The minimum absolute atomic E-state index is 0.318. The lowest BCUT2D eigenvalue weighted by atomic mass is 9.95. The smallest absolute Gasteiger partial charge is 0.329 e. The summed E-state index contributed by atoms with van der Waals surface area (Å²) < 4.78 is 13.9. The van der Waals surface area contributed by atoms with Gasteiger partial charge in [-0.15, -0.1) is 0 Å². The summed E-state index contributed by atoms with van der Waals surface area (Å²) >= 11 is 0. The number of carbonyl (C=O) groups is 4. The second-order valence-electron chi connectivity index (χ2n) is 5.76. The maximum Gasteiger partial charge on any atom is 0.329 e. The first-order chi connectivity index (χ1) is 12.2. The molecule has 0 fully saturated rings. The number of rotatable bonds is 7. The Morgan fingerprint density at radius 1 is 0.885 bits per heavy atom. The Balaban J connectivity index is 3.17. The third-order valence-corrected chi connectivity index (χ3v) is 3.75. The van der Waals surface area contributed by atoms with Crippen molar-refractivity contribution < 1.29 is 33.4 Å². The molecule has 0 unspecified atom stereocenters. The molecular weight excluding hydrogens is 342 g/mol. The number of esters is 3. The molecule has 2 atom stereocenters. The Morgan fingerprint density at radius 2 is 1.42 bits per heavy atom. The Morgan fingerprint density at radius 3 is 1.88 bits per heavy atom. The van der Waals surface area contributed by atoms with Gasteiger partial charge in [0.1, 0.15) is 6.04 Å². The maximum absolute atomic E-state index is 12.6. The molecule has 0 heterocycles. The first kappa shape index (κ1) is 21.1. The maximum atomic E-state index is 12.6.